The molecule has 0 aromatic carbocycles. The Labute approximate surface area is 174 Å². The highest BCUT2D eigenvalue weighted by molar-refractivity contribution is 5.79. The minimum absolute atomic E-state index is 0.178. The number of carboxylic acids is 1. The third-order valence-electron chi connectivity index (χ3n) is 6.25. The van der Waals surface area contributed by atoms with Gasteiger partial charge in [-0.2, -0.15) is 0 Å². The maximum atomic E-state index is 11.1. The van der Waals surface area contributed by atoms with E-state index in [0.29, 0.717) is 4.48 Å². The molecule has 1 aliphatic heterocycles. The van der Waals surface area contributed by atoms with Crippen molar-refractivity contribution in [3.05, 3.63) is 0 Å². The van der Waals surface area contributed by atoms with Gasteiger partial charge in [0.1, 0.15) is 6.54 Å². The first-order valence-electron chi connectivity index (χ1n) is 12.2. The highest BCUT2D eigenvalue weighted by Gasteiger charge is 2.35. The quantitative estimate of drug-likeness (QED) is 0.198. The number of likely N-dealkylation sites (N-methyl/N-ethyl adjacent to an activating group) is 1. The molecule has 0 aliphatic carbocycles. The summed E-state index contributed by atoms with van der Waals surface area (Å²) in [5.74, 6) is 0.386. The smallest absolute Gasteiger partial charge is 0.359 e. The number of quaternary nitrogens is 1. The second kappa shape index (κ2) is 16.0. The molecule has 164 valence electrons. The van der Waals surface area contributed by atoms with Gasteiger partial charge in [0, 0.05) is 6.42 Å². The minimum Gasteiger partial charge on any atom is -0.477 e. The molecule has 0 aromatic heterocycles. The van der Waals surface area contributed by atoms with E-state index in [0.717, 1.165) is 31.8 Å². The van der Waals surface area contributed by atoms with Crippen LogP contribution in [-0.2, 0) is 4.79 Å². The zero-order valence-corrected chi connectivity index (χ0v) is 18.9. The van der Waals surface area contributed by atoms with Crippen molar-refractivity contribution in [3.8, 4) is 0 Å². The number of nitrogens with zero attached hydrogens (tertiary/aromatic N) is 2. The molecule has 0 radical (unpaired) electrons. The normalized spacial score (nSPS) is 19.1. The van der Waals surface area contributed by atoms with Crippen LogP contribution in [0.3, 0.4) is 0 Å². The SMILES string of the molecule is CCCCCCCCCCCCCCCCCCC1=NCC[N+]1(C)CC(=O)O. The zero-order chi connectivity index (χ0) is 20.5. The summed E-state index contributed by atoms with van der Waals surface area (Å²) in [4.78, 5) is 15.6. The van der Waals surface area contributed by atoms with E-state index in [1.165, 1.54) is 96.3 Å². The number of carboxylic acid groups (broad SMARTS) is 1. The molecule has 0 saturated heterocycles. The standard InChI is InChI=1S/C24H46N2O2/c1-3-4-5-6-7-8-9-10-11-12-13-14-15-16-17-18-19-23-25-20-21-26(23,2)22-24(27)28/h3-22H2,1-2H3/p+1. The van der Waals surface area contributed by atoms with E-state index in [1.54, 1.807) is 0 Å². The topological polar surface area (TPSA) is 49.7 Å². The van der Waals surface area contributed by atoms with Gasteiger partial charge in [0.15, 0.2) is 12.4 Å². The van der Waals surface area contributed by atoms with Gasteiger partial charge in [-0.25, -0.2) is 9.79 Å². The maximum absolute atomic E-state index is 11.1. The number of aliphatic imine (C=N–C) groups is 1. The van der Waals surface area contributed by atoms with Crippen LogP contribution in [0.1, 0.15) is 116 Å². The van der Waals surface area contributed by atoms with Crippen molar-refractivity contribution < 1.29 is 14.4 Å². The molecule has 1 unspecified atom stereocenters. The Morgan fingerprint density at radius 3 is 1.68 bits per heavy atom. The molecule has 28 heavy (non-hydrogen) atoms. The summed E-state index contributed by atoms with van der Waals surface area (Å²) in [6.45, 7) is 4.10. The molecule has 1 heterocycles. The lowest BCUT2D eigenvalue weighted by molar-refractivity contribution is -0.807. The first-order chi connectivity index (χ1) is 13.6. The zero-order valence-electron chi connectivity index (χ0n) is 18.9. The Hall–Kier alpha value is -0.900. The van der Waals surface area contributed by atoms with E-state index in [4.69, 9.17) is 5.11 Å². The Morgan fingerprint density at radius 1 is 0.821 bits per heavy atom. The van der Waals surface area contributed by atoms with Gasteiger partial charge in [-0.15, -0.1) is 0 Å². The molecule has 0 saturated carbocycles. The Bertz CT molecular complexity index is 436. The van der Waals surface area contributed by atoms with Crippen molar-refractivity contribution in [1.29, 1.82) is 0 Å². The third-order valence-corrected chi connectivity index (χ3v) is 6.25. The van der Waals surface area contributed by atoms with Crippen molar-refractivity contribution in [1.82, 2.24) is 0 Å². The second-order valence-corrected chi connectivity index (χ2v) is 9.02. The molecular weight excluding hydrogens is 348 g/mol. The third kappa shape index (κ3) is 11.8. The van der Waals surface area contributed by atoms with Crippen LogP contribution >= 0.6 is 0 Å². The van der Waals surface area contributed by atoms with E-state index >= 15 is 0 Å². The van der Waals surface area contributed by atoms with Gasteiger partial charge in [-0.05, 0) is 6.42 Å². The summed E-state index contributed by atoms with van der Waals surface area (Å²) in [5.41, 5.74) is 0. The lowest BCUT2D eigenvalue weighted by Crippen LogP contribution is -2.50. The number of amidine groups is 1. The summed E-state index contributed by atoms with van der Waals surface area (Å²) in [7, 11) is 2.02. The lowest BCUT2D eigenvalue weighted by Gasteiger charge is -2.28. The first-order valence-corrected chi connectivity index (χ1v) is 12.2. The molecular formula is C24H47N2O2+. The highest BCUT2D eigenvalue weighted by atomic mass is 16.4. The highest BCUT2D eigenvalue weighted by Crippen LogP contribution is 2.18. The molecule has 0 aromatic rings. The molecule has 0 spiro atoms. The van der Waals surface area contributed by atoms with Crippen LogP contribution in [-0.4, -0.2) is 48.1 Å². The Balaban J connectivity index is 1.85. The van der Waals surface area contributed by atoms with Gasteiger partial charge in [0.05, 0.1) is 13.6 Å². The number of aliphatic carboxylic acids is 1. The van der Waals surface area contributed by atoms with Crippen LogP contribution in [0, 0.1) is 0 Å². The van der Waals surface area contributed by atoms with Crippen LogP contribution in [0.2, 0.25) is 0 Å². The van der Waals surface area contributed by atoms with Crippen molar-refractivity contribution in [2.75, 3.05) is 26.7 Å². The van der Waals surface area contributed by atoms with Crippen molar-refractivity contribution in [2.45, 2.75) is 116 Å². The summed E-state index contributed by atoms with van der Waals surface area (Å²) in [5, 5.41) is 9.10. The van der Waals surface area contributed by atoms with E-state index in [-0.39, 0.29) is 6.54 Å². The van der Waals surface area contributed by atoms with Crippen LogP contribution in [0.4, 0.5) is 0 Å². The maximum Gasteiger partial charge on any atom is 0.359 e. The Kier molecular flexibility index (Phi) is 14.3. The molecule has 1 rings (SSSR count). The number of hydrogen-bond donors (Lipinski definition) is 1. The van der Waals surface area contributed by atoms with Gasteiger partial charge in [0.25, 0.3) is 0 Å². The molecule has 0 amide bonds. The summed E-state index contributed by atoms with van der Waals surface area (Å²) in [6, 6.07) is 0. The first kappa shape index (κ1) is 25.1. The molecule has 0 fully saturated rings. The predicted octanol–water partition coefficient (Wildman–Crippen LogP) is 6.58. The number of rotatable bonds is 19. The second-order valence-electron chi connectivity index (χ2n) is 9.02. The van der Waals surface area contributed by atoms with Gasteiger partial charge in [0.2, 0.25) is 0 Å². The predicted molar refractivity (Wildman–Crippen MR) is 120 cm³/mol. The minimum atomic E-state index is -0.718. The van der Waals surface area contributed by atoms with Gasteiger partial charge in [-0.3, -0.25) is 4.48 Å². The molecule has 1 aliphatic rings. The number of unbranched alkanes of at least 4 members (excludes halogenated alkanes) is 15. The average molecular weight is 396 g/mol. The van der Waals surface area contributed by atoms with E-state index in [1.807, 2.05) is 7.05 Å². The van der Waals surface area contributed by atoms with Crippen molar-refractivity contribution >= 4 is 11.8 Å². The monoisotopic (exact) mass is 395 g/mol. The summed E-state index contributed by atoms with van der Waals surface area (Å²) in [6.07, 6.45) is 23.1. The molecule has 1 atom stereocenters. The van der Waals surface area contributed by atoms with Crippen molar-refractivity contribution in [2.24, 2.45) is 4.99 Å². The van der Waals surface area contributed by atoms with Crippen molar-refractivity contribution in [3.63, 3.8) is 0 Å². The summed E-state index contributed by atoms with van der Waals surface area (Å²) < 4.78 is 0.522. The lowest BCUT2D eigenvalue weighted by atomic mass is 10.0. The largest absolute Gasteiger partial charge is 0.477 e. The average Bonchev–Trinajstić information content (AvgIpc) is 3.00. The fraction of sp³-hybridized carbons (Fsp3) is 0.917. The van der Waals surface area contributed by atoms with E-state index in [2.05, 4.69) is 11.9 Å². The molecule has 4 heteroatoms. The molecule has 4 nitrogen and oxygen atoms in total. The van der Waals surface area contributed by atoms with Gasteiger partial charge >= 0.3 is 5.97 Å². The van der Waals surface area contributed by atoms with E-state index < -0.39 is 5.97 Å². The fourth-order valence-corrected chi connectivity index (χ4v) is 4.35. The number of carbonyl (C=O) groups is 1. The Morgan fingerprint density at radius 2 is 1.25 bits per heavy atom. The number of hydrogen-bond acceptors (Lipinski definition) is 2. The van der Waals surface area contributed by atoms with Crippen LogP contribution in [0.25, 0.3) is 0 Å². The van der Waals surface area contributed by atoms with Gasteiger partial charge < -0.3 is 5.11 Å². The van der Waals surface area contributed by atoms with Crippen LogP contribution < -0.4 is 0 Å². The molecule has 1 N–H and O–H groups in total. The van der Waals surface area contributed by atoms with Crippen LogP contribution in [0.5, 0.6) is 0 Å². The van der Waals surface area contributed by atoms with E-state index in [9.17, 15) is 4.79 Å². The van der Waals surface area contributed by atoms with Crippen LogP contribution in [0.15, 0.2) is 4.99 Å². The molecule has 0 bridgehead atoms. The summed E-state index contributed by atoms with van der Waals surface area (Å²) >= 11 is 0. The fourth-order valence-electron chi connectivity index (χ4n) is 4.35. The van der Waals surface area contributed by atoms with Gasteiger partial charge in [-0.1, -0.05) is 103 Å².